The van der Waals surface area contributed by atoms with Gasteiger partial charge >= 0.3 is 0 Å². The number of nitrogens with two attached hydrogens (primary N) is 1. The van der Waals surface area contributed by atoms with Crippen molar-refractivity contribution < 1.29 is 9.53 Å². The lowest BCUT2D eigenvalue weighted by Gasteiger charge is -2.32. The van der Waals surface area contributed by atoms with Gasteiger partial charge in [-0.2, -0.15) is 0 Å². The topological polar surface area (TPSA) is 58.8 Å². The third kappa shape index (κ3) is 4.44. The van der Waals surface area contributed by atoms with Gasteiger partial charge in [0.2, 0.25) is 5.91 Å². The number of likely N-dealkylation sites (tertiary alicyclic amines) is 1. The highest BCUT2D eigenvalue weighted by atomic mass is 16.5. The molecule has 0 atom stereocenters. The van der Waals surface area contributed by atoms with E-state index in [1.165, 1.54) is 0 Å². The van der Waals surface area contributed by atoms with Crippen LogP contribution < -0.4 is 10.6 Å². The van der Waals surface area contributed by atoms with Gasteiger partial charge in [0, 0.05) is 38.1 Å². The van der Waals surface area contributed by atoms with Gasteiger partial charge in [0.15, 0.2) is 0 Å². The van der Waals surface area contributed by atoms with E-state index >= 15 is 0 Å². The number of hydrogen-bond acceptors (Lipinski definition) is 4. The first-order chi connectivity index (χ1) is 10.1. The van der Waals surface area contributed by atoms with E-state index in [4.69, 9.17) is 10.5 Å². The monoisotopic (exact) mass is 291 g/mol. The maximum absolute atomic E-state index is 12.3. The quantitative estimate of drug-likeness (QED) is 0.839. The molecule has 0 aliphatic carbocycles. The molecule has 1 aromatic carbocycles. The number of rotatable bonds is 5. The van der Waals surface area contributed by atoms with Crippen molar-refractivity contribution in [1.82, 2.24) is 4.90 Å². The first kappa shape index (κ1) is 15.8. The van der Waals surface area contributed by atoms with Crippen LogP contribution in [-0.4, -0.2) is 50.2 Å². The summed E-state index contributed by atoms with van der Waals surface area (Å²) in [6.07, 6.45) is 2.37. The number of ether oxygens (including phenoxy) is 1. The van der Waals surface area contributed by atoms with Gasteiger partial charge in [-0.25, -0.2) is 0 Å². The standard InChI is InChI=1S/C16H25N3O2/c1-3-21-15-8-10-19(11-9-15)12-16(20)18(2)14-6-4-13(17)5-7-14/h4-7,15H,3,8-12,17H2,1-2H3. The van der Waals surface area contributed by atoms with E-state index in [2.05, 4.69) is 4.90 Å². The van der Waals surface area contributed by atoms with Crippen LogP contribution in [0.2, 0.25) is 0 Å². The summed E-state index contributed by atoms with van der Waals surface area (Å²) < 4.78 is 5.63. The Morgan fingerprint density at radius 2 is 1.95 bits per heavy atom. The van der Waals surface area contributed by atoms with Crippen molar-refractivity contribution >= 4 is 17.3 Å². The molecule has 1 aliphatic rings. The fourth-order valence-corrected chi connectivity index (χ4v) is 2.61. The van der Waals surface area contributed by atoms with Crippen molar-refractivity contribution in [1.29, 1.82) is 0 Å². The smallest absolute Gasteiger partial charge is 0.240 e. The number of amides is 1. The highest BCUT2D eigenvalue weighted by Gasteiger charge is 2.22. The minimum absolute atomic E-state index is 0.106. The summed E-state index contributed by atoms with van der Waals surface area (Å²) in [7, 11) is 1.81. The van der Waals surface area contributed by atoms with Crippen LogP contribution >= 0.6 is 0 Å². The van der Waals surface area contributed by atoms with Crippen LogP contribution in [0.15, 0.2) is 24.3 Å². The Hall–Kier alpha value is -1.59. The zero-order valence-corrected chi connectivity index (χ0v) is 12.9. The number of carbonyl (C=O) groups excluding carboxylic acids is 1. The zero-order valence-electron chi connectivity index (χ0n) is 12.9. The summed E-state index contributed by atoms with van der Waals surface area (Å²) in [5, 5.41) is 0. The lowest BCUT2D eigenvalue weighted by atomic mass is 10.1. The molecule has 0 bridgehead atoms. The van der Waals surface area contributed by atoms with Crippen molar-refractivity contribution in [2.45, 2.75) is 25.9 Å². The van der Waals surface area contributed by atoms with Gasteiger partial charge in [0.25, 0.3) is 0 Å². The molecular formula is C16H25N3O2. The van der Waals surface area contributed by atoms with Crippen molar-refractivity contribution in [3.63, 3.8) is 0 Å². The Morgan fingerprint density at radius 1 is 1.33 bits per heavy atom. The Bertz CT molecular complexity index is 453. The largest absolute Gasteiger partial charge is 0.399 e. The molecule has 1 aromatic rings. The SMILES string of the molecule is CCOC1CCN(CC(=O)N(C)c2ccc(N)cc2)CC1. The minimum atomic E-state index is 0.106. The first-order valence-electron chi connectivity index (χ1n) is 7.56. The molecule has 0 unspecified atom stereocenters. The minimum Gasteiger partial charge on any atom is -0.399 e. The molecule has 5 heteroatoms. The van der Waals surface area contributed by atoms with Gasteiger partial charge in [-0.05, 0) is 44.0 Å². The number of anilines is 2. The van der Waals surface area contributed by atoms with E-state index in [0.717, 1.165) is 38.2 Å². The van der Waals surface area contributed by atoms with Crippen LogP contribution in [0.5, 0.6) is 0 Å². The fraction of sp³-hybridized carbons (Fsp3) is 0.562. The molecule has 0 spiro atoms. The molecule has 1 aliphatic heterocycles. The number of nitrogens with zero attached hydrogens (tertiary/aromatic N) is 2. The van der Waals surface area contributed by atoms with Gasteiger partial charge in [-0.15, -0.1) is 0 Å². The van der Waals surface area contributed by atoms with E-state index in [1.807, 2.05) is 31.2 Å². The van der Waals surface area contributed by atoms with E-state index in [1.54, 1.807) is 11.9 Å². The average Bonchev–Trinajstić information content (AvgIpc) is 2.49. The Kier molecular flexibility index (Phi) is 5.59. The molecule has 116 valence electrons. The normalized spacial score (nSPS) is 16.9. The van der Waals surface area contributed by atoms with Crippen LogP contribution in [0.1, 0.15) is 19.8 Å². The summed E-state index contributed by atoms with van der Waals surface area (Å²) in [6.45, 7) is 5.10. The first-order valence-corrected chi connectivity index (χ1v) is 7.56. The van der Waals surface area contributed by atoms with Gasteiger partial charge in [-0.3, -0.25) is 9.69 Å². The second-order valence-electron chi connectivity index (χ2n) is 5.48. The summed E-state index contributed by atoms with van der Waals surface area (Å²) >= 11 is 0. The third-order valence-electron chi connectivity index (χ3n) is 3.95. The van der Waals surface area contributed by atoms with Crippen LogP contribution in [0.25, 0.3) is 0 Å². The van der Waals surface area contributed by atoms with Crippen LogP contribution in [0.3, 0.4) is 0 Å². The molecular weight excluding hydrogens is 266 g/mol. The van der Waals surface area contributed by atoms with Crippen LogP contribution in [0, 0.1) is 0 Å². The fourth-order valence-electron chi connectivity index (χ4n) is 2.61. The van der Waals surface area contributed by atoms with E-state index in [-0.39, 0.29) is 5.91 Å². The molecule has 0 saturated carbocycles. The highest BCUT2D eigenvalue weighted by Crippen LogP contribution is 2.17. The maximum Gasteiger partial charge on any atom is 0.240 e. The van der Waals surface area contributed by atoms with Crippen molar-refractivity contribution in [2.75, 3.05) is 43.9 Å². The maximum atomic E-state index is 12.3. The van der Waals surface area contributed by atoms with Crippen molar-refractivity contribution in [3.05, 3.63) is 24.3 Å². The summed E-state index contributed by atoms with van der Waals surface area (Å²) in [5.74, 6) is 0.106. The van der Waals surface area contributed by atoms with Crippen LogP contribution in [-0.2, 0) is 9.53 Å². The molecule has 1 saturated heterocycles. The molecule has 1 heterocycles. The number of hydrogen-bond donors (Lipinski definition) is 1. The van der Waals surface area contributed by atoms with E-state index < -0.39 is 0 Å². The number of likely N-dealkylation sites (N-methyl/N-ethyl adjacent to an activating group) is 1. The Balaban J connectivity index is 1.83. The third-order valence-corrected chi connectivity index (χ3v) is 3.95. The molecule has 2 N–H and O–H groups in total. The Labute approximate surface area is 126 Å². The number of benzene rings is 1. The predicted molar refractivity (Wildman–Crippen MR) is 85.4 cm³/mol. The average molecular weight is 291 g/mol. The van der Waals surface area contributed by atoms with Crippen molar-refractivity contribution in [3.8, 4) is 0 Å². The summed E-state index contributed by atoms with van der Waals surface area (Å²) in [4.78, 5) is 16.2. The molecule has 2 rings (SSSR count). The highest BCUT2D eigenvalue weighted by molar-refractivity contribution is 5.94. The van der Waals surface area contributed by atoms with Gasteiger partial charge in [-0.1, -0.05) is 0 Å². The van der Waals surface area contributed by atoms with Gasteiger partial charge < -0.3 is 15.4 Å². The lowest BCUT2D eigenvalue weighted by molar-refractivity contribution is -0.120. The van der Waals surface area contributed by atoms with Gasteiger partial charge in [0.1, 0.15) is 0 Å². The van der Waals surface area contributed by atoms with Crippen molar-refractivity contribution in [2.24, 2.45) is 0 Å². The second-order valence-corrected chi connectivity index (χ2v) is 5.48. The summed E-state index contributed by atoms with van der Waals surface area (Å²) in [5.41, 5.74) is 7.25. The van der Waals surface area contributed by atoms with E-state index in [0.29, 0.717) is 18.3 Å². The van der Waals surface area contributed by atoms with E-state index in [9.17, 15) is 4.79 Å². The molecule has 1 amide bonds. The Morgan fingerprint density at radius 3 is 2.52 bits per heavy atom. The lowest BCUT2D eigenvalue weighted by Crippen LogP contribution is -2.43. The van der Waals surface area contributed by atoms with Crippen LogP contribution in [0.4, 0.5) is 11.4 Å². The molecule has 0 radical (unpaired) electrons. The van der Waals surface area contributed by atoms with Gasteiger partial charge in [0.05, 0.1) is 12.6 Å². The number of carbonyl (C=O) groups is 1. The summed E-state index contributed by atoms with van der Waals surface area (Å²) in [6, 6.07) is 7.36. The number of nitrogen functional groups attached to an aromatic ring is 1. The molecule has 21 heavy (non-hydrogen) atoms. The zero-order chi connectivity index (χ0) is 15.2. The second kappa shape index (κ2) is 7.43. The number of piperidine rings is 1. The molecule has 5 nitrogen and oxygen atoms in total. The molecule has 1 fully saturated rings. The molecule has 0 aromatic heterocycles. The predicted octanol–water partition coefficient (Wildman–Crippen LogP) is 1.73.